The van der Waals surface area contributed by atoms with E-state index in [1.807, 2.05) is 55.5 Å². The van der Waals surface area contributed by atoms with E-state index in [-0.39, 0.29) is 17.2 Å². The number of methoxy groups -OCH3 is 1. The van der Waals surface area contributed by atoms with Gasteiger partial charge in [0.05, 0.1) is 29.6 Å². The van der Waals surface area contributed by atoms with Crippen molar-refractivity contribution in [1.29, 1.82) is 0 Å². The van der Waals surface area contributed by atoms with E-state index in [0.717, 1.165) is 52.4 Å². The Balaban J connectivity index is 1.27. The number of carbonyl (C=O) groups is 1. The van der Waals surface area contributed by atoms with Crippen molar-refractivity contribution in [2.75, 3.05) is 12.9 Å². The number of amides is 1. The fourth-order valence-corrected chi connectivity index (χ4v) is 7.14. The summed E-state index contributed by atoms with van der Waals surface area (Å²) in [6.07, 6.45) is 4.10. The molecule has 2 aromatic heterocycles. The van der Waals surface area contributed by atoms with Crippen molar-refractivity contribution in [1.82, 2.24) is 15.0 Å². The Bertz CT molecular complexity index is 1820. The number of thioether (sulfide) groups is 1. The van der Waals surface area contributed by atoms with Crippen molar-refractivity contribution >= 4 is 55.7 Å². The molecule has 1 aliphatic rings. The predicted octanol–water partition coefficient (Wildman–Crippen LogP) is 6.12. The first-order valence-electron chi connectivity index (χ1n) is 13.2. The summed E-state index contributed by atoms with van der Waals surface area (Å²) in [6.45, 7) is 1.87. The zero-order chi connectivity index (χ0) is 27.6. The predicted molar refractivity (Wildman–Crippen MR) is 163 cm³/mol. The first kappa shape index (κ1) is 26.3. The minimum absolute atomic E-state index is 0.0632. The van der Waals surface area contributed by atoms with E-state index in [1.165, 1.54) is 16.6 Å². The topological polar surface area (TPSA) is 85.6 Å². The lowest BCUT2D eigenvalue weighted by Gasteiger charge is -2.14. The van der Waals surface area contributed by atoms with Gasteiger partial charge >= 0.3 is 0 Å². The van der Waals surface area contributed by atoms with Crippen LogP contribution in [0.1, 0.15) is 35.8 Å². The molecule has 0 spiro atoms. The third-order valence-corrected chi connectivity index (χ3v) is 9.26. The molecule has 6 rings (SSSR count). The van der Waals surface area contributed by atoms with E-state index >= 15 is 0 Å². The van der Waals surface area contributed by atoms with Gasteiger partial charge in [-0.05, 0) is 84.8 Å². The highest BCUT2D eigenvalue weighted by Gasteiger charge is 2.23. The fraction of sp³-hybridized carbons (Fsp3) is 0.226. The van der Waals surface area contributed by atoms with Gasteiger partial charge in [0, 0.05) is 4.88 Å². The summed E-state index contributed by atoms with van der Waals surface area (Å²) in [4.78, 5) is 33.6. The molecule has 2 heterocycles. The number of benzene rings is 3. The number of rotatable bonds is 7. The molecule has 0 fully saturated rings. The van der Waals surface area contributed by atoms with Crippen molar-refractivity contribution in [3.05, 3.63) is 93.1 Å². The van der Waals surface area contributed by atoms with Crippen molar-refractivity contribution in [3.63, 3.8) is 0 Å². The molecule has 0 aliphatic heterocycles. The zero-order valence-corrected chi connectivity index (χ0v) is 23.9. The van der Waals surface area contributed by atoms with Gasteiger partial charge in [0.15, 0.2) is 5.16 Å². The van der Waals surface area contributed by atoms with Gasteiger partial charge in [0.1, 0.15) is 10.6 Å². The standard InChI is InChI=1S/C31H28N4O3S2/c1-19(21-12-11-20-7-3-4-8-22(20)17-21)33-34-27(36)18-39-31-32-29-28(25-9-5-6-10-26(25)40-29)30(37)35(31)23-13-15-24(38-2)16-14-23/h3-4,7-8,11-17H,5-6,9-10,18H2,1-2H3,(H,34,36). The van der Waals surface area contributed by atoms with Gasteiger partial charge in [-0.25, -0.2) is 10.4 Å². The first-order chi connectivity index (χ1) is 19.5. The number of fused-ring (bicyclic) bond motifs is 4. The maximum absolute atomic E-state index is 13.9. The SMILES string of the molecule is COc1ccc(-n2c(SCC(=O)NN=C(C)c3ccc4ccccc4c3)nc3sc4c(c3c2=O)CCCC4)cc1. The minimum atomic E-state index is -0.272. The molecule has 1 amide bonds. The second-order valence-electron chi connectivity index (χ2n) is 9.71. The number of carbonyl (C=O) groups excluding carboxylic acids is 1. The molecule has 3 aromatic carbocycles. The molecule has 0 saturated carbocycles. The number of hydrogen-bond donors (Lipinski definition) is 1. The van der Waals surface area contributed by atoms with Crippen molar-refractivity contribution in [2.45, 2.75) is 37.8 Å². The number of nitrogens with zero attached hydrogens (tertiary/aromatic N) is 3. The number of aryl methyl sites for hydroxylation is 2. The highest BCUT2D eigenvalue weighted by atomic mass is 32.2. The maximum atomic E-state index is 13.9. The second kappa shape index (κ2) is 11.3. The molecule has 40 heavy (non-hydrogen) atoms. The Morgan fingerprint density at radius 1 is 1.07 bits per heavy atom. The molecular weight excluding hydrogens is 541 g/mol. The Morgan fingerprint density at radius 3 is 2.65 bits per heavy atom. The second-order valence-corrected chi connectivity index (χ2v) is 11.7. The number of ether oxygens (including phenoxy) is 1. The van der Waals surface area contributed by atoms with Crippen molar-refractivity contribution in [3.8, 4) is 11.4 Å². The third-order valence-electron chi connectivity index (χ3n) is 7.14. The lowest BCUT2D eigenvalue weighted by Crippen LogP contribution is -2.24. The Morgan fingerprint density at radius 2 is 1.85 bits per heavy atom. The molecule has 1 aliphatic carbocycles. The summed E-state index contributed by atoms with van der Waals surface area (Å²) in [5, 5.41) is 7.78. The molecule has 0 bridgehead atoms. The van der Waals surface area contributed by atoms with Gasteiger partial charge in [-0.3, -0.25) is 14.2 Å². The smallest absolute Gasteiger partial charge is 0.267 e. The van der Waals surface area contributed by atoms with Crippen LogP contribution in [0.25, 0.3) is 26.7 Å². The molecule has 202 valence electrons. The Labute approximate surface area is 239 Å². The lowest BCUT2D eigenvalue weighted by atomic mass is 9.97. The summed E-state index contributed by atoms with van der Waals surface area (Å²) < 4.78 is 6.92. The number of hydrazone groups is 1. The van der Waals surface area contributed by atoms with E-state index in [4.69, 9.17) is 9.72 Å². The van der Waals surface area contributed by atoms with Gasteiger partial charge in [-0.2, -0.15) is 5.10 Å². The summed E-state index contributed by atoms with van der Waals surface area (Å²) >= 11 is 2.83. The van der Waals surface area contributed by atoms with Gasteiger partial charge in [0.25, 0.3) is 11.5 Å². The molecule has 0 unspecified atom stereocenters. The largest absolute Gasteiger partial charge is 0.497 e. The summed E-state index contributed by atoms with van der Waals surface area (Å²) in [6, 6.07) is 21.5. The van der Waals surface area contributed by atoms with Crippen LogP contribution in [-0.4, -0.2) is 34.0 Å². The van der Waals surface area contributed by atoms with Crippen LogP contribution in [0.4, 0.5) is 0 Å². The molecular formula is C31H28N4O3S2. The number of aromatic nitrogens is 2. The lowest BCUT2D eigenvalue weighted by molar-refractivity contribution is -0.118. The van der Waals surface area contributed by atoms with Crippen LogP contribution < -0.4 is 15.7 Å². The third kappa shape index (κ3) is 5.14. The fourth-order valence-electron chi connectivity index (χ4n) is 5.03. The minimum Gasteiger partial charge on any atom is -0.497 e. The number of hydrogen-bond acceptors (Lipinski definition) is 7. The molecule has 0 radical (unpaired) electrons. The van der Waals surface area contributed by atoms with Crippen LogP contribution in [-0.2, 0) is 17.6 Å². The summed E-state index contributed by atoms with van der Waals surface area (Å²) in [5.41, 5.74) is 6.04. The normalized spacial score (nSPS) is 13.4. The van der Waals surface area contributed by atoms with Crippen LogP contribution in [0.5, 0.6) is 5.75 Å². The summed E-state index contributed by atoms with van der Waals surface area (Å²) in [5.74, 6) is 0.492. The Hall–Kier alpha value is -3.95. The van der Waals surface area contributed by atoms with Crippen LogP contribution in [0, 0.1) is 0 Å². The molecule has 0 atom stereocenters. The van der Waals surface area contributed by atoms with Crippen LogP contribution in [0.15, 0.2) is 81.8 Å². The number of nitrogens with one attached hydrogen (secondary N) is 1. The van der Waals surface area contributed by atoms with E-state index < -0.39 is 0 Å². The van der Waals surface area contributed by atoms with Gasteiger partial charge in [-0.15, -0.1) is 11.3 Å². The highest BCUT2D eigenvalue weighted by Crippen LogP contribution is 2.35. The van der Waals surface area contributed by atoms with Crippen molar-refractivity contribution < 1.29 is 9.53 Å². The molecule has 1 N–H and O–H groups in total. The van der Waals surface area contributed by atoms with Crippen LogP contribution >= 0.6 is 23.1 Å². The first-order valence-corrected chi connectivity index (χ1v) is 15.0. The Kier molecular flexibility index (Phi) is 7.40. The monoisotopic (exact) mass is 568 g/mol. The zero-order valence-electron chi connectivity index (χ0n) is 22.3. The quantitative estimate of drug-likeness (QED) is 0.111. The molecule has 7 nitrogen and oxygen atoms in total. The van der Waals surface area contributed by atoms with E-state index in [0.29, 0.717) is 27.7 Å². The average molecular weight is 569 g/mol. The number of thiophene rings is 1. The maximum Gasteiger partial charge on any atom is 0.267 e. The highest BCUT2D eigenvalue weighted by molar-refractivity contribution is 7.99. The van der Waals surface area contributed by atoms with E-state index in [1.54, 1.807) is 23.0 Å². The molecule has 9 heteroatoms. The molecule has 0 saturated heterocycles. The van der Waals surface area contributed by atoms with E-state index in [2.05, 4.69) is 28.7 Å². The van der Waals surface area contributed by atoms with Crippen LogP contribution in [0.2, 0.25) is 0 Å². The average Bonchev–Trinajstić information content (AvgIpc) is 3.37. The van der Waals surface area contributed by atoms with Crippen molar-refractivity contribution in [2.24, 2.45) is 5.10 Å². The summed E-state index contributed by atoms with van der Waals surface area (Å²) in [7, 11) is 1.61. The molecule has 5 aromatic rings. The van der Waals surface area contributed by atoms with Crippen LogP contribution in [0.3, 0.4) is 0 Å². The van der Waals surface area contributed by atoms with E-state index in [9.17, 15) is 9.59 Å². The van der Waals surface area contributed by atoms with Gasteiger partial charge in [-0.1, -0.05) is 48.2 Å². The van der Waals surface area contributed by atoms with Gasteiger partial charge in [0.2, 0.25) is 0 Å². The van der Waals surface area contributed by atoms with Gasteiger partial charge < -0.3 is 4.74 Å².